The highest BCUT2D eigenvalue weighted by atomic mass is 16.2. The zero-order valence-electron chi connectivity index (χ0n) is 15.2. The van der Waals surface area contributed by atoms with E-state index in [-0.39, 0.29) is 5.91 Å². The lowest BCUT2D eigenvalue weighted by atomic mass is 10.1. The molecule has 0 radical (unpaired) electrons. The number of hydrogen-bond donors (Lipinski definition) is 1. The first kappa shape index (κ1) is 17.3. The van der Waals surface area contributed by atoms with Gasteiger partial charge >= 0.3 is 0 Å². The summed E-state index contributed by atoms with van der Waals surface area (Å²) in [5.41, 5.74) is 9.28. The average Bonchev–Trinajstić information content (AvgIpc) is 3.23. The van der Waals surface area contributed by atoms with Crippen LogP contribution >= 0.6 is 0 Å². The number of nitrogens with two attached hydrogens (primary N) is 1. The van der Waals surface area contributed by atoms with E-state index in [2.05, 4.69) is 22.1 Å². The molecule has 0 bridgehead atoms. The minimum absolute atomic E-state index is 0.0445. The second-order valence-corrected chi connectivity index (χ2v) is 6.63. The Morgan fingerprint density at radius 1 is 0.963 bits per heavy atom. The number of piperazine rings is 1. The second kappa shape index (κ2) is 7.63. The Labute approximate surface area is 158 Å². The molecule has 2 aromatic carbocycles. The van der Waals surface area contributed by atoms with Crippen LogP contribution in [0.15, 0.2) is 67.0 Å². The van der Waals surface area contributed by atoms with Crippen LogP contribution in [0.5, 0.6) is 0 Å². The monoisotopic (exact) mass is 361 g/mol. The van der Waals surface area contributed by atoms with Crippen molar-refractivity contribution in [2.45, 2.75) is 6.54 Å². The number of carbonyl (C=O) groups is 1. The molecule has 1 fully saturated rings. The summed E-state index contributed by atoms with van der Waals surface area (Å²) in [5.74, 6) is 0.0445. The van der Waals surface area contributed by atoms with Gasteiger partial charge in [0.25, 0.3) is 5.91 Å². The van der Waals surface area contributed by atoms with Crippen LogP contribution in [0.1, 0.15) is 15.9 Å². The zero-order valence-corrected chi connectivity index (χ0v) is 15.2. The first-order valence-electron chi connectivity index (χ1n) is 9.18. The molecule has 4 rings (SSSR count). The zero-order chi connectivity index (χ0) is 18.6. The van der Waals surface area contributed by atoms with Crippen LogP contribution in [0.25, 0.3) is 5.69 Å². The number of carbonyl (C=O) groups excluding carboxylic acids is 1. The molecule has 1 aliphatic heterocycles. The van der Waals surface area contributed by atoms with Crippen LogP contribution in [0.4, 0.5) is 5.69 Å². The van der Waals surface area contributed by atoms with Crippen molar-refractivity contribution in [3.63, 3.8) is 0 Å². The highest BCUT2D eigenvalue weighted by molar-refractivity contribution is 5.97. The Morgan fingerprint density at radius 3 is 2.37 bits per heavy atom. The van der Waals surface area contributed by atoms with Crippen LogP contribution in [-0.4, -0.2) is 46.8 Å². The van der Waals surface area contributed by atoms with E-state index in [1.807, 2.05) is 53.6 Å². The molecule has 1 aromatic heterocycles. The molecular formula is C21H23N5O. The molecule has 0 saturated carbocycles. The Kier molecular flexibility index (Phi) is 4.89. The van der Waals surface area contributed by atoms with Gasteiger partial charge in [0.2, 0.25) is 0 Å². The molecule has 0 unspecified atom stereocenters. The second-order valence-electron chi connectivity index (χ2n) is 6.63. The van der Waals surface area contributed by atoms with E-state index < -0.39 is 0 Å². The van der Waals surface area contributed by atoms with E-state index in [0.29, 0.717) is 25.2 Å². The number of rotatable bonds is 4. The molecule has 1 saturated heterocycles. The highest BCUT2D eigenvalue weighted by Crippen LogP contribution is 2.20. The normalized spacial score (nSPS) is 14.4. The minimum Gasteiger partial charge on any atom is -0.368 e. The van der Waals surface area contributed by atoms with E-state index >= 15 is 0 Å². The Hall–Kier alpha value is -3.12. The maximum absolute atomic E-state index is 13.2. The van der Waals surface area contributed by atoms with Gasteiger partial charge in [0.1, 0.15) is 0 Å². The fourth-order valence-corrected chi connectivity index (χ4v) is 3.43. The molecule has 2 N–H and O–H groups in total. The number of nitrogens with zero attached hydrogens (tertiary/aromatic N) is 4. The van der Waals surface area contributed by atoms with Crippen molar-refractivity contribution in [1.82, 2.24) is 14.7 Å². The van der Waals surface area contributed by atoms with Gasteiger partial charge in [0.05, 0.1) is 17.4 Å². The molecule has 27 heavy (non-hydrogen) atoms. The van der Waals surface area contributed by atoms with Crippen molar-refractivity contribution in [3.05, 3.63) is 78.1 Å². The van der Waals surface area contributed by atoms with Gasteiger partial charge < -0.3 is 15.5 Å². The number of anilines is 1. The maximum atomic E-state index is 13.2. The van der Waals surface area contributed by atoms with Crippen LogP contribution in [0, 0.1) is 0 Å². The lowest BCUT2D eigenvalue weighted by Crippen LogP contribution is -2.49. The van der Waals surface area contributed by atoms with Gasteiger partial charge in [-0.2, -0.15) is 5.10 Å². The van der Waals surface area contributed by atoms with Crippen molar-refractivity contribution >= 4 is 11.6 Å². The fourth-order valence-electron chi connectivity index (χ4n) is 3.43. The number of benzene rings is 2. The summed E-state index contributed by atoms with van der Waals surface area (Å²) in [4.78, 5) is 17.4. The van der Waals surface area contributed by atoms with Crippen LogP contribution in [0.2, 0.25) is 0 Å². The predicted octanol–water partition coefficient (Wildman–Crippen LogP) is 2.29. The first-order valence-corrected chi connectivity index (χ1v) is 9.18. The van der Waals surface area contributed by atoms with E-state index in [1.165, 1.54) is 5.69 Å². The summed E-state index contributed by atoms with van der Waals surface area (Å²) in [5, 5.41) is 4.35. The summed E-state index contributed by atoms with van der Waals surface area (Å²) in [6.07, 6.45) is 3.61. The molecule has 3 aromatic rings. The summed E-state index contributed by atoms with van der Waals surface area (Å²) in [6.45, 7) is 3.50. The highest BCUT2D eigenvalue weighted by Gasteiger charge is 2.24. The molecule has 0 spiro atoms. The van der Waals surface area contributed by atoms with Crippen LogP contribution < -0.4 is 10.6 Å². The summed E-state index contributed by atoms with van der Waals surface area (Å²) in [7, 11) is 0. The number of para-hydroxylation sites is 2. The van der Waals surface area contributed by atoms with E-state index in [0.717, 1.165) is 24.3 Å². The van der Waals surface area contributed by atoms with Gasteiger partial charge in [-0.15, -0.1) is 0 Å². The van der Waals surface area contributed by atoms with Crippen LogP contribution in [0.3, 0.4) is 0 Å². The molecule has 6 nitrogen and oxygen atoms in total. The molecular weight excluding hydrogens is 338 g/mol. The van der Waals surface area contributed by atoms with Crippen LogP contribution in [-0.2, 0) is 6.54 Å². The molecule has 138 valence electrons. The maximum Gasteiger partial charge on any atom is 0.256 e. The smallest absolute Gasteiger partial charge is 0.256 e. The third-order valence-corrected chi connectivity index (χ3v) is 4.94. The van der Waals surface area contributed by atoms with Gasteiger partial charge in [-0.05, 0) is 24.3 Å². The van der Waals surface area contributed by atoms with Gasteiger partial charge in [-0.3, -0.25) is 4.79 Å². The van der Waals surface area contributed by atoms with Crippen molar-refractivity contribution in [2.24, 2.45) is 5.73 Å². The first-order chi connectivity index (χ1) is 13.3. The summed E-state index contributed by atoms with van der Waals surface area (Å²) in [6, 6.07) is 17.9. The summed E-state index contributed by atoms with van der Waals surface area (Å²) < 4.78 is 1.73. The summed E-state index contributed by atoms with van der Waals surface area (Å²) >= 11 is 0. The van der Waals surface area contributed by atoms with Gasteiger partial charge in [-0.1, -0.05) is 30.3 Å². The third-order valence-electron chi connectivity index (χ3n) is 4.94. The quantitative estimate of drug-likeness (QED) is 0.774. The van der Waals surface area contributed by atoms with Crippen molar-refractivity contribution in [3.8, 4) is 5.69 Å². The SMILES string of the molecule is NCc1cnn(-c2ccccc2C(=O)N2CCN(c3ccccc3)CC2)c1. The molecule has 0 atom stereocenters. The van der Waals surface area contributed by atoms with Crippen molar-refractivity contribution in [2.75, 3.05) is 31.1 Å². The van der Waals surface area contributed by atoms with Crippen molar-refractivity contribution in [1.29, 1.82) is 0 Å². The number of hydrogen-bond acceptors (Lipinski definition) is 4. The molecule has 6 heteroatoms. The molecule has 0 aliphatic carbocycles. The predicted molar refractivity (Wildman–Crippen MR) is 106 cm³/mol. The topological polar surface area (TPSA) is 67.4 Å². The lowest BCUT2D eigenvalue weighted by Gasteiger charge is -2.36. The van der Waals surface area contributed by atoms with Gasteiger partial charge in [0.15, 0.2) is 0 Å². The average molecular weight is 361 g/mol. The number of amides is 1. The molecule has 1 aliphatic rings. The Balaban J connectivity index is 1.51. The fraction of sp³-hybridized carbons (Fsp3) is 0.238. The Bertz CT molecular complexity index is 913. The van der Waals surface area contributed by atoms with Gasteiger partial charge in [-0.25, -0.2) is 4.68 Å². The van der Waals surface area contributed by atoms with E-state index in [1.54, 1.807) is 10.9 Å². The minimum atomic E-state index is 0.0445. The molecule has 1 amide bonds. The standard InChI is InChI=1S/C21H23N5O/c22-14-17-15-23-26(16-17)20-9-5-4-8-19(20)21(27)25-12-10-24(11-13-25)18-6-2-1-3-7-18/h1-9,15-16H,10-14,22H2. The third kappa shape index (κ3) is 3.57. The Morgan fingerprint density at radius 2 is 1.67 bits per heavy atom. The van der Waals surface area contributed by atoms with Gasteiger partial charge in [0, 0.05) is 50.2 Å². The number of aromatic nitrogens is 2. The molecule has 2 heterocycles. The largest absolute Gasteiger partial charge is 0.368 e. The van der Waals surface area contributed by atoms with Crippen molar-refractivity contribution < 1.29 is 4.79 Å². The van der Waals surface area contributed by atoms with E-state index in [4.69, 9.17) is 5.73 Å². The lowest BCUT2D eigenvalue weighted by molar-refractivity contribution is 0.0746. The van der Waals surface area contributed by atoms with E-state index in [9.17, 15) is 4.79 Å².